The number of rotatable bonds is 3. The number of benzene rings is 2. The minimum atomic E-state index is -0.0216. The van der Waals surface area contributed by atoms with Gasteiger partial charge in [0.05, 0.1) is 0 Å². The van der Waals surface area contributed by atoms with Gasteiger partial charge in [0, 0.05) is 11.4 Å². The lowest BCUT2D eigenvalue weighted by atomic mass is 9.79. The lowest BCUT2D eigenvalue weighted by molar-refractivity contribution is 0.627. The van der Waals surface area contributed by atoms with Crippen molar-refractivity contribution in [3.05, 3.63) is 77.2 Å². The Morgan fingerprint density at radius 2 is 1.65 bits per heavy atom. The topological polar surface area (TPSA) is 0 Å². The number of halogens is 1. The molecule has 0 unspecified atom stereocenters. The minimum Gasteiger partial charge on any atom is -0.0843 e. The van der Waals surface area contributed by atoms with Crippen LogP contribution in [0.5, 0.6) is 0 Å². The second-order valence-electron chi connectivity index (χ2n) is 4.79. The van der Waals surface area contributed by atoms with Gasteiger partial charge in [-0.25, -0.2) is 0 Å². The summed E-state index contributed by atoms with van der Waals surface area (Å²) in [5.41, 5.74) is 2.44. The highest BCUT2D eigenvalue weighted by Gasteiger charge is 2.21. The molecule has 87 valence electrons. The summed E-state index contributed by atoms with van der Waals surface area (Å²) in [6.07, 6.45) is 2.26. The molecule has 1 heteroatoms. The van der Waals surface area contributed by atoms with E-state index in [-0.39, 0.29) is 5.41 Å². The first-order chi connectivity index (χ1) is 8.08. The van der Waals surface area contributed by atoms with Crippen LogP contribution in [0.1, 0.15) is 25.0 Å². The summed E-state index contributed by atoms with van der Waals surface area (Å²) >= 11 is 6.04. The van der Waals surface area contributed by atoms with Gasteiger partial charge in [0.2, 0.25) is 0 Å². The van der Waals surface area contributed by atoms with E-state index in [1.165, 1.54) is 11.1 Å². The van der Waals surface area contributed by atoms with Crippen LogP contribution in [0.15, 0.2) is 54.6 Å². The average Bonchev–Trinajstić information content (AvgIpc) is 2.30. The molecule has 0 bridgehead atoms. The Balaban J connectivity index is 2.25. The third-order valence-electron chi connectivity index (χ3n) is 2.90. The van der Waals surface area contributed by atoms with Gasteiger partial charge in [-0.3, -0.25) is 0 Å². The maximum atomic E-state index is 6.04. The van der Waals surface area contributed by atoms with Crippen LogP contribution in [0.25, 0.3) is 0 Å². The van der Waals surface area contributed by atoms with Gasteiger partial charge in [-0.05, 0) is 28.7 Å². The van der Waals surface area contributed by atoms with Crippen LogP contribution < -0.4 is 0 Å². The second kappa shape index (κ2) is 4.93. The van der Waals surface area contributed by atoms with Crippen molar-refractivity contribution in [2.45, 2.75) is 19.3 Å². The zero-order valence-corrected chi connectivity index (χ0v) is 10.9. The average molecular weight is 244 g/mol. The molecule has 2 rings (SSSR count). The first-order valence-electron chi connectivity index (χ1n) is 5.75. The monoisotopic (exact) mass is 243 g/mol. The molecule has 2 aromatic carbocycles. The smallest absolute Gasteiger partial charge is 0.0408 e. The van der Waals surface area contributed by atoms with Gasteiger partial charge in [-0.15, -0.1) is 0 Å². The van der Waals surface area contributed by atoms with Crippen molar-refractivity contribution in [2.75, 3.05) is 0 Å². The predicted molar refractivity (Wildman–Crippen MR) is 74.3 cm³/mol. The fourth-order valence-corrected chi connectivity index (χ4v) is 2.13. The molecule has 0 atom stereocenters. The zero-order chi connectivity index (χ0) is 12.3. The zero-order valence-electron chi connectivity index (χ0n) is 10.2. The summed E-state index contributed by atoms with van der Waals surface area (Å²) in [5, 5.41) is 0.789. The van der Waals surface area contributed by atoms with Gasteiger partial charge in [0.1, 0.15) is 0 Å². The molecule has 0 amide bonds. The van der Waals surface area contributed by atoms with E-state index in [2.05, 4.69) is 50.6 Å². The van der Waals surface area contributed by atoms with Crippen molar-refractivity contribution in [1.29, 1.82) is 0 Å². The fourth-order valence-electron chi connectivity index (χ4n) is 1.94. The van der Waals surface area contributed by atoms with E-state index in [0.29, 0.717) is 0 Å². The molecule has 1 radical (unpaired) electrons. The molecule has 17 heavy (non-hydrogen) atoms. The molecule has 0 fully saturated rings. The van der Waals surface area contributed by atoms with Crippen LogP contribution in [0.2, 0.25) is 5.02 Å². The van der Waals surface area contributed by atoms with E-state index >= 15 is 0 Å². The van der Waals surface area contributed by atoms with E-state index in [1.54, 1.807) is 0 Å². The molecule has 0 heterocycles. The third-order valence-corrected chi connectivity index (χ3v) is 3.13. The lowest BCUT2D eigenvalue weighted by Crippen LogP contribution is -2.18. The third kappa shape index (κ3) is 3.10. The number of hydrogen-bond donors (Lipinski definition) is 0. The van der Waals surface area contributed by atoms with Crippen LogP contribution in [0.4, 0.5) is 0 Å². The Kier molecular flexibility index (Phi) is 3.54. The van der Waals surface area contributed by atoms with E-state index in [1.807, 2.05) is 24.3 Å². The van der Waals surface area contributed by atoms with Crippen molar-refractivity contribution in [2.24, 2.45) is 0 Å². The summed E-state index contributed by atoms with van der Waals surface area (Å²) in [4.78, 5) is 0. The summed E-state index contributed by atoms with van der Waals surface area (Å²) in [7, 11) is 0. The van der Waals surface area contributed by atoms with Gasteiger partial charge in [0.25, 0.3) is 0 Å². The highest BCUT2D eigenvalue weighted by molar-refractivity contribution is 6.30. The molecule has 0 spiro atoms. The van der Waals surface area contributed by atoms with E-state index in [9.17, 15) is 0 Å². The van der Waals surface area contributed by atoms with Gasteiger partial charge in [-0.1, -0.05) is 67.9 Å². The first-order valence-corrected chi connectivity index (χ1v) is 6.13. The summed E-state index contributed by atoms with van der Waals surface area (Å²) in [6, 6.07) is 18.4. The molecule has 0 N–H and O–H groups in total. The van der Waals surface area contributed by atoms with Crippen LogP contribution >= 0.6 is 11.6 Å². The van der Waals surface area contributed by atoms with Crippen LogP contribution in [-0.2, 0) is 5.41 Å². The lowest BCUT2D eigenvalue weighted by Gasteiger charge is -2.25. The fraction of sp³-hybridized carbons (Fsp3) is 0.188. The van der Waals surface area contributed by atoms with Crippen molar-refractivity contribution >= 4 is 11.6 Å². The van der Waals surface area contributed by atoms with Crippen molar-refractivity contribution in [3.8, 4) is 0 Å². The highest BCUT2D eigenvalue weighted by atomic mass is 35.5. The molecule has 0 aliphatic rings. The second-order valence-corrected chi connectivity index (χ2v) is 5.22. The summed E-state index contributed by atoms with van der Waals surface area (Å²) in [6.45, 7) is 4.40. The maximum Gasteiger partial charge on any atom is 0.0408 e. The van der Waals surface area contributed by atoms with E-state index < -0.39 is 0 Å². The Labute approximate surface area is 108 Å². The standard InChI is InChI=1S/C16H16Cl/c1-16(2,12-13-7-4-3-5-8-13)14-9-6-10-15(17)11-14/h3-12H,1-2H3. The SMILES string of the molecule is CC(C)([CH]c1ccccc1)c1cccc(Cl)c1. The summed E-state index contributed by atoms with van der Waals surface area (Å²) in [5.74, 6) is 0. The van der Waals surface area contributed by atoms with Gasteiger partial charge < -0.3 is 0 Å². The van der Waals surface area contributed by atoms with Gasteiger partial charge in [0.15, 0.2) is 0 Å². The van der Waals surface area contributed by atoms with Crippen molar-refractivity contribution in [1.82, 2.24) is 0 Å². The van der Waals surface area contributed by atoms with Crippen molar-refractivity contribution < 1.29 is 0 Å². The number of hydrogen-bond acceptors (Lipinski definition) is 0. The highest BCUT2D eigenvalue weighted by Crippen LogP contribution is 2.30. The largest absolute Gasteiger partial charge is 0.0843 e. The molecular weight excluding hydrogens is 228 g/mol. The van der Waals surface area contributed by atoms with Crippen molar-refractivity contribution in [3.63, 3.8) is 0 Å². The van der Waals surface area contributed by atoms with E-state index in [0.717, 1.165) is 5.02 Å². The Morgan fingerprint density at radius 1 is 0.941 bits per heavy atom. The quantitative estimate of drug-likeness (QED) is 0.722. The van der Waals surface area contributed by atoms with Crippen LogP contribution in [-0.4, -0.2) is 0 Å². The van der Waals surface area contributed by atoms with Gasteiger partial charge in [-0.2, -0.15) is 0 Å². The first kappa shape index (κ1) is 12.2. The summed E-state index contributed by atoms with van der Waals surface area (Å²) < 4.78 is 0. The normalized spacial score (nSPS) is 11.5. The molecule has 0 saturated carbocycles. The van der Waals surface area contributed by atoms with Gasteiger partial charge >= 0.3 is 0 Å². The molecule has 0 aliphatic carbocycles. The molecule has 0 aromatic heterocycles. The molecule has 2 aromatic rings. The predicted octanol–water partition coefficient (Wildman–Crippen LogP) is 4.87. The minimum absolute atomic E-state index is 0.0216. The molecule has 0 saturated heterocycles. The molecule has 0 nitrogen and oxygen atoms in total. The maximum absolute atomic E-state index is 6.04. The Bertz CT molecular complexity index is 486. The molecule has 0 aliphatic heterocycles. The van der Waals surface area contributed by atoms with Crippen LogP contribution in [0, 0.1) is 6.42 Å². The van der Waals surface area contributed by atoms with Crippen LogP contribution in [0.3, 0.4) is 0 Å². The Morgan fingerprint density at radius 3 is 2.29 bits per heavy atom. The molecular formula is C16H16Cl. The van der Waals surface area contributed by atoms with E-state index in [4.69, 9.17) is 11.6 Å². The Hall–Kier alpha value is -1.27.